The quantitative estimate of drug-likeness (QED) is 0.0128. The van der Waals surface area contributed by atoms with Crippen molar-refractivity contribution in [3.63, 3.8) is 0 Å². The first-order valence-electron chi connectivity index (χ1n) is 33.7. The Morgan fingerprint density at radius 3 is 1.22 bits per heavy atom. The predicted octanol–water partition coefficient (Wildman–Crippen LogP) is 12.4. The number of hydrogen-bond donors (Lipinski definition) is 11. The number of thiazole rings is 1. The number of carboxylic acid groups (broad SMARTS) is 6. The minimum absolute atomic E-state index is 0.0630. The Balaban J connectivity index is 0.000000276. The van der Waals surface area contributed by atoms with Crippen LogP contribution in [0.2, 0.25) is 0 Å². The van der Waals surface area contributed by atoms with Gasteiger partial charge in [0.25, 0.3) is 0 Å². The Bertz CT molecular complexity index is 4060. The van der Waals surface area contributed by atoms with Crippen molar-refractivity contribution in [1.29, 1.82) is 0 Å². The molecule has 0 aliphatic carbocycles. The molecular formula is C75H90F2N6O19S2. The molecule has 104 heavy (non-hydrogen) atoms. The average Bonchev–Trinajstić information content (AvgIpc) is 1.68. The van der Waals surface area contributed by atoms with E-state index in [-0.39, 0.29) is 79.3 Å². The molecule has 8 rings (SSSR count). The fourth-order valence-corrected chi connectivity index (χ4v) is 12.7. The van der Waals surface area contributed by atoms with Crippen LogP contribution in [0.3, 0.4) is 0 Å². The lowest BCUT2D eigenvalue weighted by Crippen LogP contribution is -2.52. The fourth-order valence-electron chi connectivity index (χ4n) is 11.1. The number of hydrogen-bond acceptors (Lipinski definition) is 20. The zero-order chi connectivity index (χ0) is 76.8. The number of amides is 1. The number of nitrogens with one attached hydrogen (secondary N) is 5. The number of carbonyl (C=O) groups excluding carboxylic acids is 3. The lowest BCUT2D eigenvalue weighted by molar-refractivity contribution is -0.164. The van der Waals surface area contributed by atoms with Gasteiger partial charge in [-0.1, -0.05) is 90.0 Å². The SMILES string of the molecule is CC(C)CC(NC(Cc1ccc(-c2ccsc2)o1)C(=O)O)C(=O)O.Cc1cc(C)cc(-c2ccc(CC(NC(CC(C)C)C(=O)OC(=O)C(CC(C)C)NC(Cc3ccc(-c4cc(F)cc(F)c4)o3)C(=O)O)C(=O)O)o2)c1.Cc1ccc2nc(NC(=O)CC(NC(CC(C)C)C(=O)O)C(=O)O)sc2c1. The van der Waals surface area contributed by atoms with Gasteiger partial charge in [-0.3, -0.25) is 54.8 Å². The van der Waals surface area contributed by atoms with E-state index in [0.29, 0.717) is 40.7 Å². The number of ether oxygens (including phenoxy) is 1. The van der Waals surface area contributed by atoms with Gasteiger partial charge in [0.05, 0.1) is 16.6 Å². The molecule has 8 atom stereocenters. The maximum absolute atomic E-state index is 13.8. The van der Waals surface area contributed by atoms with E-state index < -0.39 is 120 Å². The number of fused-ring (bicyclic) bond motifs is 1. The molecule has 0 radical (unpaired) electrons. The second-order valence-electron chi connectivity index (χ2n) is 27.1. The van der Waals surface area contributed by atoms with Gasteiger partial charge in [-0.25, -0.2) is 23.4 Å². The van der Waals surface area contributed by atoms with Gasteiger partial charge < -0.3 is 53.9 Å². The first kappa shape index (κ1) is 83.2. The number of esters is 2. The Kier molecular flexibility index (Phi) is 31.3. The van der Waals surface area contributed by atoms with Crippen LogP contribution in [0.1, 0.15) is 121 Å². The number of aromatic nitrogens is 1. The number of aliphatic carboxylic acids is 6. The maximum atomic E-state index is 13.8. The molecule has 0 aliphatic rings. The van der Waals surface area contributed by atoms with Crippen LogP contribution in [0.4, 0.5) is 13.9 Å². The number of halogens is 2. The summed E-state index contributed by atoms with van der Waals surface area (Å²) in [7, 11) is 0. The van der Waals surface area contributed by atoms with Crippen LogP contribution < -0.4 is 26.6 Å². The number of thiophene rings is 1. The second kappa shape index (κ2) is 39.2. The third-order valence-electron chi connectivity index (χ3n) is 15.8. The Labute approximate surface area is 607 Å². The molecule has 25 nitrogen and oxygen atoms in total. The highest BCUT2D eigenvalue weighted by molar-refractivity contribution is 7.22. The summed E-state index contributed by atoms with van der Waals surface area (Å²) < 4.78 is 51.1. The van der Waals surface area contributed by atoms with Crippen LogP contribution in [-0.4, -0.2) is 138 Å². The topological polar surface area (TPSA) is 397 Å². The highest BCUT2D eigenvalue weighted by Gasteiger charge is 2.36. The van der Waals surface area contributed by atoms with Crippen LogP contribution in [-0.2, 0) is 67.2 Å². The van der Waals surface area contributed by atoms with Gasteiger partial charge in [-0.05, 0) is 160 Å². The highest BCUT2D eigenvalue weighted by atomic mass is 32.1. The molecule has 0 bridgehead atoms. The van der Waals surface area contributed by atoms with Gasteiger partial charge in [-0.2, -0.15) is 11.3 Å². The molecule has 0 fully saturated rings. The minimum Gasteiger partial charge on any atom is -0.480 e. The summed E-state index contributed by atoms with van der Waals surface area (Å²) >= 11 is 2.85. The number of rotatable bonds is 36. The first-order valence-corrected chi connectivity index (χ1v) is 35.4. The number of carboxylic acids is 6. The number of carbonyl (C=O) groups is 9. The molecule has 8 aromatic rings. The summed E-state index contributed by atoms with van der Waals surface area (Å²) in [6, 6.07) is 16.9. The van der Waals surface area contributed by atoms with Crippen molar-refractivity contribution in [2.45, 2.75) is 176 Å². The molecule has 8 unspecified atom stereocenters. The molecule has 3 aromatic carbocycles. The smallest absolute Gasteiger partial charge is 0.330 e. The number of furan rings is 3. The lowest BCUT2D eigenvalue weighted by Gasteiger charge is -2.25. The summed E-state index contributed by atoms with van der Waals surface area (Å²) in [5.74, 6) is -8.97. The van der Waals surface area contributed by atoms with Crippen molar-refractivity contribution in [3.8, 4) is 34.0 Å². The summed E-state index contributed by atoms with van der Waals surface area (Å²) in [6.07, 6.45) is 0.194. The van der Waals surface area contributed by atoms with E-state index in [1.807, 2.05) is 116 Å². The van der Waals surface area contributed by atoms with Gasteiger partial charge in [-0.15, -0.1) is 0 Å². The zero-order valence-electron chi connectivity index (χ0n) is 59.5. The Hall–Kier alpha value is -9.78. The molecule has 0 saturated heterocycles. The van der Waals surface area contributed by atoms with Crippen molar-refractivity contribution in [2.24, 2.45) is 23.7 Å². The second-order valence-corrected chi connectivity index (χ2v) is 28.9. The lowest BCUT2D eigenvalue weighted by atomic mass is 10.0. The van der Waals surface area contributed by atoms with Gasteiger partial charge in [0, 0.05) is 47.4 Å². The average molecular weight is 1480 g/mol. The maximum Gasteiger partial charge on any atom is 0.330 e. The van der Waals surface area contributed by atoms with Crippen LogP contribution in [0, 0.1) is 56.1 Å². The van der Waals surface area contributed by atoms with Gasteiger partial charge in [0.1, 0.15) is 94.5 Å². The number of aryl methyl sites for hydroxylation is 3. The van der Waals surface area contributed by atoms with Crippen LogP contribution in [0.5, 0.6) is 0 Å². The first-order chi connectivity index (χ1) is 49.0. The van der Waals surface area contributed by atoms with E-state index in [4.69, 9.17) is 18.0 Å². The molecule has 0 saturated carbocycles. The standard InChI is InChI=1S/C40H46F2N2O9.C18H23N3O5S.C17H21NO5S/c1-21(2)11-33(43-31(37(45)46)19-29-7-9-35(51-29)25-14-23(5)13-24(6)15-25)39(49)53-40(50)34(12-22(3)4)44-32(38(47)48)20-30-8-10-36(52-30)26-16-27(41)18-28(42)17-26;1-9(2)6-12(16(23)24)19-13(17(25)26)8-15(22)21-18-20-11-5-4-10(3)7-14(11)27-18;1-10(2)7-13(16(19)20)18-14(17(21)22)8-12-3-4-15(23-12)11-5-6-24-9-11/h7-10,13-18,21-22,31-34,43-44H,11-12,19-20H2,1-6H3,(H,45,46)(H,47,48);4-5,7,9,12-13,19H,6,8H2,1-3H3,(H,23,24)(H,25,26)(H,20,21,22);3-6,9-10,13-14,18H,7-8H2,1-2H3,(H,19,20)(H,21,22). The van der Waals surface area contributed by atoms with Gasteiger partial charge >= 0.3 is 47.8 Å². The van der Waals surface area contributed by atoms with Crippen LogP contribution in [0.25, 0.3) is 44.2 Å². The molecule has 0 spiro atoms. The Morgan fingerprint density at radius 1 is 0.442 bits per heavy atom. The summed E-state index contributed by atoms with van der Waals surface area (Å²) in [6.45, 7) is 20.6. The van der Waals surface area contributed by atoms with Crippen molar-refractivity contribution in [3.05, 3.63) is 153 Å². The Morgan fingerprint density at radius 2 is 0.827 bits per heavy atom. The van der Waals surface area contributed by atoms with Gasteiger partial charge in [0.2, 0.25) is 5.91 Å². The molecule has 1 amide bonds. The van der Waals surface area contributed by atoms with E-state index in [2.05, 4.69) is 31.6 Å². The molecule has 11 N–H and O–H groups in total. The molecule has 5 aromatic heterocycles. The minimum atomic E-state index is -1.38. The van der Waals surface area contributed by atoms with Gasteiger partial charge in [0.15, 0.2) is 5.13 Å². The van der Waals surface area contributed by atoms with Crippen molar-refractivity contribution < 1.29 is 101 Å². The number of anilines is 1. The van der Waals surface area contributed by atoms with Crippen molar-refractivity contribution >= 4 is 91.7 Å². The van der Waals surface area contributed by atoms with Crippen LogP contribution >= 0.6 is 22.7 Å². The van der Waals surface area contributed by atoms with E-state index >= 15 is 0 Å². The third kappa shape index (κ3) is 26.8. The molecule has 0 aliphatic heterocycles. The number of nitrogens with zero attached hydrogens (tertiary/aromatic N) is 1. The molecule has 560 valence electrons. The van der Waals surface area contributed by atoms with Crippen molar-refractivity contribution in [1.82, 2.24) is 26.3 Å². The number of benzene rings is 3. The van der Waals surface area contributed by atoms with Crippen molar-refractivity contribution in [2.75, 3.05) is 5.32 Å². The molecule has 5 heterocycles. The molecule has 29 heteroatoms. The van der Waals surface area contributed by atoms with Crippen LogP contribution in [0.15, 0.2) is 121 Å². The summed E-state index contributed by atoms with van der Waals surface area (Å²) in [5.41, 5.74) is 5.82. The van der Waals surface area contributed by atoms with E-state index in [0.717, 1.165) is 50.2 Å². The normalized spacial score (nSPS) is 13.7. The van der Waals surface area contributed by atoms with E-state index in [9.17, 15) is 82.6 Å². The van der Waals surface area contributed by atoms with E-state index in [1.54, 1.807) is 49.4 Å². The summed E-state index contributed by atoms with van der Waals surface area (Å²) in [4.78, 5) is 114. The summed E-state index contributed by atoms with van der Waals surface area (Å²) in [5, 5.41) is 75.1. The third-order valence-corrected chi connectivity index (χ3v) is 17.5. The highest BCUT2D eigenvalue weighted by Crippen LogP contribution is 2.30. The monoisotopic (exact) mass is 1480 g/mol. The van der Waals surface area contributed by atoms with E-state index in [1.165, 1.54) is 23.5 Å². The zero-order valence-corrected chi connectivity index (χ0v) is 61.1. The largest absolute Gasteiger partial charge is 0.480 e. The fraction of sp³-hybridized carbons (Fsp3) is 0.413. The molecular weight excluding hydrogens is 1390 g/mol. The predicted molar refractivity (Wildman–Crippen MR) is 386 cm³/mol.